The second-order valence-corrected chi connectivity index (χ2v) is 6.39. The fraction of sp³-hybridized carbons (Fsp3) is 0.733. The standard InChI is InChI=1S/C15H19NO5/c1-8-7-9-5-4-6-16-13(18)21-15(8)12(20-3)10(19-2)11(17)14(9,15)16/h8-9H,4-7H2,1-3H3/t8-,9-,14+,15-/m1/s1. The Morgan fingerprint density at radius 2 is 2.05 bits per heavy atom. The molecule has 4 aliphatic rings. The molecule has 0 aromatic carbocycles. The molecule has 4 atom stereocenters. The van der Waals surface area contributed by atoms with E-state index in [9.17, 15) is 9.59 Å². The van der Waals surface area contributed by atoms with E-state index in [2.05, 4.69) is 0 Å². The van der Waals surface area contributed by atoms with Gasteiger partial charge in [-0.25, -0.2) is 4.79 Å². The minimum atomic E-state index is -1.01. The van der Waals surface area contributed by atoms with Crippen molar-refractivity contribution in [1.82, 2.24) is 4.90 Å². The summed E-state index contributed by atoms with van der Waals surface area (Å²) >= 11 is 0. The SMILES string of the molecule is COC1=C(OC)[C@]23OC(=O)N4CCC[C@H](C[C@H]2C)[C@@]43C1=O. The molecule has 6 heteroatoms. The van der Waals surface area contributed by atoms with Gasteiger partial charge in [-0.05, 0) is 25.2 Å². The number of piperidine rings is 1. The van der Waals surface area contributed by atoms with Crippen molar-refractivity contribution in [1.29, 1.82) is 0 Å². The van der Waals surface area contributed by atoms with Crippen molar-refractivity contribution < 1.29 is 23.8 Å². The number of carbonyl (C=O) groups is 2. The summed E-state index contributed by atoms with van der Waals surface area (Å²) < 4.78 is 16.7. The monoisotopic (exact) mass is 293 g/mol. The third-order valence-electron chi connectivity index (χ3n) is 5.82. The maximum absolute atomic E-state index is 13.2. The zero-order chi connectivity index (χ0) is 15.0. The molecular weight excluding hydrogens is 274 g/mol. The number of methoxy groups -OCH3 is 2. The maximum atomic E-state index is 13.2. The highest BCUT2D eigenvalue weighted by Gasteiger charge is 2.84. The third-order valence-corrected chi connectivity index (χ3v) is 5.82. The van der Waals surface area contributed by atoms with Gasteiger partial charge < -0.3 is 14.2 Å². The normalized spacial score (nSPS) is 43.9. The molecule has 2 heterocycles. The number of rotatable bonds is 2. The second kappa shape index (κ2) is 3.72. The summed E-state index contributed by atoms with van der Waals surface area (Å²) in [7, 11) is 2.97. The van der Waals surface area contributed by atoms with E-state index < -0.39 is 17.2 Å². The van der Waals surface area contributed by atoms with E-state index in [-0.39, 0.29) is 23.4 Å². The van der Waals surface area contributed by atoms with Gasteiger partial charge in [-0.15, -0.1) is 0 Å². The number of ketones is 1. The molecule has 0 aromatic rings. The first kappa shape index (κ1) is 13.0. The lowest BCUT2D eigenvalue weighted by Crippen LogP contribution is -2.64. The zero-order valence-corrected chi connectivity index (χ0v) is 12.5. The summed E-state index contributed by atoms with van der Waals surface area (Å²) in [6, 6.07) is 0. The van der Waals surface area contributed by atoms with E-state index in [0.717, 1.165) is 19.3 Å². The molecule has 2 aliphatic heterocycles. The molecule has 0 aromatic heterocycles. The molecule has 1 amide bonds. The van der Waals surface area contributed by atoms with Crippen molar-refractivity contribution in [2.45, 2.75) is 37.3 Å². The van der Waals surface area contributed by atoms with Crippen LogP contribution in [0.5, 0.6) is 0 Å². The first-order valence-electron chi connectivity index (χ1n) is 7.43. The molecule has 2 aliphatic carbocycles. The molecule has 6 nitrogen and oxygen atoms in total. The Labute approximate surface area is 123 Å². The van der Waals surface area contributed by atoms with Crippen LogP contribution in [0.1, 0.15) is 26.2 Å². The summed E-state index contributed by atoms with van der Waals surface area (Å²) in [6.07, 6.45) is 2.30. The minimum absolute atomic E-state index is 0.0288. The highest BCUT2D eigenvalue weighted by molar-refractivity contribution is 6.10. The van der Waals surface area contributed by atoms with Gasteiger partial charge in [0.05, 0.1) is 14.2 Å². The van der Waals surface area contributed by atoms with Gasteiger partial charge in [0.15, 0.2) is 11.3 Å². The average Bonchev–Trinajstić information content (AvgIpc) is 2.97. The van der Waals surface area contributed by atoms with E-state index in [1.165, 1.54) is 14.2 Å². The first-order valence-corrected chi connectivity index (χ1v) is 7.43. The van der Waals surface area contributed by atoms with Crippen LogP contribution in [0.4, 0.5) is 4.79 Å². The van der Waals surface area contributed by atoms with Crippen LogP contribution in [0.15, 0.2) is 11.5 Å². The zero-order valence-electron chi connectivity index (χ0n) is 12.5. The van der Waals surface area contributed by atoms with Crippen LogP contribution in [0.2, 0.25) is 0 Å². The Kier molecular flexibility index (Phi) is 2.30. The topological polar surface area (TPSA) is 65.1 Å². The number of hydrogen-bond donors (Lipinski definition) is 0. The predicted molar refractivity (Wildman–Crippen MR) is 71.2 cm³/mol. The smallest absolute Gasteiger partial charge is 0.411 e. The summed E-state index contributed by atoms with van der Waals surface area (Å²) in [4.78, 5) is 27.2. The molecule has 0 bridgehead atoms. The molecule has 0 N–H and O–H groups in total. The van der Waals surface area contributed by atoms with E-state index in [0.29, 0.717) is 12.3 Å². The Hall–Kier alpha value is -1.72. The second-order valence-electron chi connectivity index (χ2n) is 6.39. The van der Waals surface area contributed by atoms with Crippen molar-refractivity contribution in [2.24, 2.45) is 11.8 Å². The van der Waals surface area contributed by atoms with Gasteiger partial charge in [-0.3, -0.25) is 9.69 Å². The number of amides is 1. The Bertz CT molecular complexity index is 585. The summed E-state index contributed by atoms with van der Waals surface area (Å²) in [5.41, 5.74) is -1.95. The van der Waals surface area contributed by atoms with Gasteiger partial charge in [0.2, 0.25) is 17.1 Å². The van der Waals surface area contributed by atoms with Crippen molar-refractivity contribution in [3.63, 3.8) is 0 Å². The number of Topliss-reactive ketones (excluding diaryl/α,β-unsaturated/α-hetero) is 1. The fourth-order valence-electron chi connectivity index (χ4n) is 5.26. The van der Waals surface area contributed by atoms with Crippen LogP contribution < -0.4 is 0 Å². The molecule has 1 spiro atoms. The molecule has 21 heavy (non-hydrogen) atoms. The van der Waals surface area contributed by atoms with E-state index in [1.54, 1.807) is 4.90 Å². The summed E-state index contributed by atoms with van der Waals surface area (Å²) in [6.45, 7) is 2.59. The quantitative estimate of drug-likeness (QED) is 0.771. The van der Waals surface area contributed by atoms with Crippen molar-refractivity contribution in [3.8, 4) is 0 Å². The summed E-state index contributed by atoms with van der Waals surface area (Å²) in [5.74, 6) is 0.594. The molecule has 0 radical (unpaired) electrons. The van der Waals surface area contributed by atoms with Gasteiger partial charge in [0.25, 0.3) is 0 Å². The summed E-state index contributed by atoms with van der Waals surface area (Å²) in [5, 5.41) is 0. The fourth-order valence-corrected chi connectivity index (χ4v) is 5.26. The number of hydrogen-bond acceptors (Lipinski definition) is 5. The molecule has 114 valence electrons. The molecular formula is C15H19NO5. The van der Waals surface area contributed by atoms with Gasteiger partial charge in [0, 0.05) is 12.5 Å². The molecule has 4 rings (SSSR count). The number of nitrogens with zero attached hydrogens (tertiary/aromatic N) is 1. The van der Waals surface area contributed by atoms with Gasteiger partial charge in [-0.2, -0.15) is 0 Å². The van der Waals surface area contributed by atoms with Crippen LogP contribution in [-0.2, 0) is 19.0 Å². The van der Waals surface area contributed by atoms with Crippen LogP contribution in [-0.4, -0.2) is 48.7 Å². The van der Waals surface area contributed by atoms with Gasteiger partial charge in [-0.1, -0.05) is 6.92 Å². The van der Waals surface area contributed by atoms with E-state index in [1.807, 2.05) is 6.92 Å². The lowest BCUT2D eigenvalue weighted by molar-refractivity contribution is -0.134. The third kappa shape index (κ3) is 1.04. The van der Waals surface area contributed by atoms with Crippen molar-refractivity contribution >= 4 is 11.9 Å². The van der Waals surface area contributed by atoms with Crippen LogP contribution in [0, 0.1) is 11.8 Å². The highest BCUT2D eigenvalue weighted by Crippen LogP contribution is 2.67. The molecule has 0 unspecified atom stereocenters. The van der Waals surface area contributed by atoms with Crippen LogP contribution >= 0.6 is 0 Å². The predicted octanol–water partition coefficient (Wildman–Crippen LogP) is 1.45. The molecule has 2 saturated heterocycles. The van der Waals surface area contributed by atoms with Crippen molar-refractivity contribution in [3.05, 3.63) is 11.5 Å². The first-order chi connectivity index (χ1) is 10.1. The van der Waals surface area contributed by atoms with E-state index in [4.69, 9.17) is 14.2 Å². The largest absolute Gasteiger partial charge is 0.493 e. The Morgan fingerprint density at radius 1 is 1.29 bits per heavy atom. The van der Waals surface area contributed by atoms with Crippen LogP contribution in [0.3, 0.4) is 0 Å². The van der Waals surface area contributed by atoms with E-state index >= 15 is 0 Å². The van der Waals surface area contributed by atoms with Crippen molar-refractivity contribution in [2.75, 3.05) is 20.8 Å². The highest BCUT2D eigenvalue weighted by atomic mass is 16.6. The average molecular weight is 293 g/mol. The number of carbonyl (C=O) groups excluding carboxylic acids is 2. The molecule has 3 fully saturated rings. The van der Waals surface area contributed by atoms with Crippen LogP contribution in [0.25, 0.3) is 0 Å². The maximum Gasteiger partial charge on any atom is 0.411 e. The lowest BCUT2D eigenvalue weighted by Gasteiger charge is -2.43. The number of ether oxygens (including phenoxy) is 3. The van der Waals surface area contributed by atoms with Gasteiger partial charge in [0.1, 0.15) is 0 Å². The Balaban J connectivity index is 2.03. The minimum Gasteiger partial charge on any atom is -0.493 e. The Morgan fingerprint density at radius 3 is 2.71 bits per heavy atom. The lowest BCUT2D eigenvalue weighted by atomic mass is 9.72. The molecule has 1 saturated carbocycles. The van der Waals surface area contributed by atoms with Gasteiger partial charge >= 0.3 is 6.09 Å².